The first-order chi connectivity index (χ1) is 8.76. The van der Waals surface area contributed by atoms with Crippen LogP contribution in [0.1, 0.15) is 51.9 Å². The van der Waals surface area contributed by atoms with Crippen LogP contribution in [0.4, 0.5) is 0 Å². The summed E-state index contributed by atoms with van der Waals surface area (Å²) < 4.78 is 6.11. The second-order valence-electron chi connectivity index (χ2n) is 6.66. The Hall–Kier alpha value is 0.270. The Bertz CT molecular complexity index is 278. The molecule has 2 saturated heterocycles. The SMILES string of the molecule is CC1CCCC(NC2CCOC3(CCSC3)C2)C1. The largest absolute Gasteiger partial charge is 0.374 e. The number of thioether (sulfide) groups is 1. The molecular formula is C15H27NOS. The van der Waals surface area contributed by atoms with Gasteiger partial charge < -0.3 is 10.1 Å². The predicted molar refractivity (Wildman–Crippen MR) is 78.2 cm³/mol. The third kappa shape index (κ3) is 3.05. The van der Waals surface area contributed by atoms with Crippen molar-refractivity contribution < 1.29 is 4.74 Å². The molecule has 0 amide bonds. The maximum atomic E-state index is 6.11. The number of rotatable bonds is 2. The average Bonchev–Trinajstić information content (AvgIpc) is 2.77. The maximum Gasteiger partial charge on any atom is 0.0795 e. The van der Waals surface area contributed by atoms with E-state index in [1.165, 1.54) is 56.5 Å². The zero-order valence-electron chi connectivity index (χ0n) is 11.6. The van der Waals surface area contributed by atoms with Crippen LogP contribution in [0.5, 0.6) is 0 Å². The molecule has 2 nitrogen and oxygen atoms in total. The van der Waals surface area contributed by atoms with Crippen LogP contribution in [-0.4, -0.2) is 35.8 Å². The van der Waals surface area contributed by atoms with Gasteiger partial charge in [0.15, 0.2) is 0 Å². The van der Waals surface area contributed by atoms with E-state index < -0.39 is 0 Å². The van der Waals surface area contributed by atoms with Crippen LogP contribution in [0, 0.1) is 5.92 Å². The molecule has 0 aromatic rings. The van der Waals surface area contributed by atoms with Crippen LogP contribution in [0.25, 0.3) is 0 Å². The van der Waals surface area contributed by atoms with Gasteiger partial charge >= 0.3 is 0 Å². The normalized spacial score (nSPS) is 45.5. The highest BCUT2D eigenvalue weighted by molar-refractivity contribution is 7.99. The lowest BCUT2D eigenvalue weighted by Crippen LogP contribution is -2.50. The summed E-state index contributed by atoms with van der Waals surface area (Å²) in [5.41, 5.74) is 0.237. The summed E-state index contributed by atoms with van der Waals surface area (Å²) in [6.45, 7) is 3.38. The highest BCUT2D eigenvalue weighted by atomic mass is 32.2. The molecule has 0 radical (unpaired) electrons. The summed E-state index contributed by atoms with van der Waals surface area (Å²) in [6.07, 6.45) is 9.39. The van der Waals surface area contributed by atoms with Crippen LogP contribution in [0.3, 0.4) is 0 Å². The second kappa shape index (κ2) is 5.72. The van der Waals surface area contributed by atoms with Crippen molar-refractivity contribution in [2.24, 2.45) is 5.92 Å². The topological polar surface area (TPSA) is 21.3 Å². The Labute approximate surface area is 116 Å². The summed E-state index contributed by atoms with van der Waals surface area (Å²) in [5.74, 6) is 3.45. The van der Waals surface area contributed by atoms with E-state index in [1.54, 1.807) is 0 Å². The van der Waals surface area contributed by atoms with Gasteiger partial charge in [0.05, 0.1) is 5.60 Å². The fourth-order valence-electron chi connectivity index (χ4n) is 3.95. The van der Waals surface area contributed by atoms with E-state index in [-0.39, 0.29) is 5.60 Å². The lowest BCUT2D eigenvalue weighted by Gasteiger charge is -2.40. The Kier molecular flexibility index (Phi) is 4.21. The minimum atomic E-state index is 0.237. The molecule has 0 aromatic carbocycles. The van der Waals surface area contributed by atoms with Gasteiger partial charge in [-0.1, -0.05) is 19.8 Å². The van der Waals surface area contributed by atoms with Gasteiger partial charge in [-0.2, -0.15) is 11.8 Å². The van der Waals surface area contributed by atoms with E-state index >= 15 is 0 Å². The first-order valence-corrected chi connectivity index (χ1v) is 8.89. The second-order valence-corrected chi connectivity index (χ2v) is 7.76. The van der Waals surface area contributed by atoms with Gasteiger partial charge in [-0.15, -0.1) is 0 Å². The Morgan fingerprint density at radius 1 is 1.22 bits per heavy atom. The third-order valence-electron chi connectivity index (χ3n) is 4.97. The zero-order valence-corrected chi connectivity index (χ0v) is 12.4. The Morgan fingerprint density at radius 3 is 2.94 bits per heavy atom. The van der Waals surface area contributed by atoms with Crippen LogP contribution in [0.2, 0.25) is 0 Å². The third-order valence-corrected chi connectivity index (χ3v) is 6.19. The van der Waals surface area contributed by atoms with E-state index in [0.717, 1.165) is 18.6 Å². The van der Waals surface area contributed by atoms with Crippen molar-refractivity contribution in [3.05, 3.63) is 0 Å². The lowest BCUT2D eigenvalue weighted by molar-refractivity contribution is -0.0719. The van der Waals surface area contributed by atoms with Crippen molar-refractivity contribution in [3.8, 4) is 0 Å². The monoisotopic (exact) mass is 269 g/mol. The first kappa shape index (κ1) is 13.3. The van der Waals surface area contributed by atoms with Crippen LogP contribution in [-0.2, 0) is 4.74 Å². The minimum Gasteiger partial charge on any atom is -0.374 e. The number of hydrogen-bond donors (Lipinski definition) is 1. The van der Waals surface area contributed by atoms with Gasteiger partial charge in [-0.25, -0.2) is 0 Å². The van der Waals surface area contributed by atoms with Crippen LogP contribution < -0.4 is 5.32 Å². The quantitative estimate of drug-likeness (QED) is 0.832. The molecule has 0 bridgehead atoms. The van der Waals surface area contributed by atoms with Crippen molar-refractivity contribution in [2.75, 3.05) is 18.1 Å². The molecule has 3 fully saturated rings. The van der Waals surface area contributed by atoms with Gasteiger partial charge in [0, 0.05) is 24.4 Å². The Balaban J connectivity index is 1.52. The smallest absolute Gasteiger partial charge is 0.0795 e. The van der Waals surface area contributed by atoms with Crippen LogP contribution in [0.15, 0.2) is 0 Å². The molecule has 1 spiro atoms. The highest BCUT2D eigenvalue weighted by Crippen LogP contribution is 2.38. The summed E-state index contributed by atoms with van der Waals surface area (Å²) >= 11 is 2.08. The molecule has 4 atom stereocenters. The summed E-state index contributed by atoms with van der Waals surface area (Å²) in [5, 5.41) is 3.95. The standard InChI is InChI=1S/C15H27NOS/c1-12-3-2-4-13(9-12)16-14-5-7-17-15(10-14)6-8-18-11-15/h12-14,16H,2-11H2,1H3. The summed E-state index contributed by atoms with van der Waals surface area (Å²) in [6, 6.07) is 1.50. The number of hydrogen-bond acceptors (Lipinski definition) is 3. The fraction of sp³-hybridized carbons (Fsp3) is 1.00. The van der Waals surface area contributed by atoms with E-state index in [9.17, 15) is 0 Å². The average molecular weight is 269 g/mol. The molecule has 4 unspecified atom stereocenters. The van der Waals surface area contributed by atoms with Gasteiger partial charge in [0.1, 0.15) is 0 Å². The molecular weight excluding hydrogens is 242 g/mol. The highest BCUT2D eigenvalue weighted by Gasteiger charge is 2.40. The molecule has 3 heteroatoms. The van der Waals surface area contributed by atoms with E-state index in [1.807, 2.05) is 0 Å². The molecule has 1 saturated carbocycles. The molecule has 1 N–H and O–H groups in total. The van der Waals surface area contributed by atoms with Crippen molar-refractivity contribution in [1.82, 2.24) is 5.32 Å². The molecule has 3 aliphatic rings. The van der Waals surface area contributed by atoms with Crippen molar-refractivity contribution in [3.63, 3.8) is 0 Å². The predicted octanol–water partition coefficient (Wildman–Crippen LogP) is 3.21. The van der Waals surface area contributed by atoms with Gasteiger partial charge in [-0.3, -0.25) is 0 Å². The van der Waals surface area contributed by atoms with E-state index in [0.29, 0.717) is 6.04 Å². The molecule has 1 aliphatic carbocycles. The lowest BCUT2D eigenvalue weighted by atomic mass is 9.85. The maximum absolute atomic E-state index is 6.11. The summed E-state index contributed by atoms with van der Waals surface area (Å²) in [7, 11) is 0. The van der Waals surface area contributed by atoms with Crippen LogP contribution >= 0.6 is 11.8 Å². The molecule has 2 aliphatic heterocycles. The van der Waals surface area contributed by atoms with Gasteiger partial charge in [0.2, 0.25) is 0 Å². The van der Waals surface area contributed by atoms with E-state index in [4.69, 9.17) is 4.74 Å². The zero-order chi connectivity index (χ0) is 12.4. The molecule has 104 valence electrons. The molecule has 0 aromatic heterocycles. The van der Waals surface area contributed by atoms with Crippen molar-refractivity contribution in [1.29, 1.82) is 0 Å². The summed E-state index contributed by atoms with van der Waals surface area (Å²) in [4.78, 5) is 0. The fourth-order valence-corrected chi connectivity index (χ4v) is 5.33. The van der Waals surface area contributed by atoms with Crippen molar-refractivity contribution in [2.45, 2.75) is 69.6 Å². The first-order valence-electron chi connectivity index (χ1n) is 7.74. The molecule has 18 heavy (non-hydrogen) atoms. The van der Waals surface area contributed by atoms with Gasteiger partial charge in [0.25, 0.3) is 0 Å². The Morgan fingerprint density at radius 2 is 2.17 bits per heavy atom. The van der Waals surface area contributed by atoms with E-state index in [2.05, 4.69) is 24.0 Å². The minimum absolute atomic E-state index is 0.237. The number of nitrogens with one attached hydrogen (secondary N) is 1. The molecule has 2 heterocycles. The van der Waals surface area contributed by atoms with Crippen molar-refractivity contribution >= 4 is 11.8 Å². The molecule has 3 rings (SSSR count). The number of ether oxygens (including phenoxy) is 1. The van der Waals surface area contributed by atoms with Gasteiger partial charge in [-0.05, 0) is 43.8 Å².